The van der Waals surface area contributed by atoms with E-state index in [0.717, 1.165) is 18.6 Å². The van der Waals surface area contributed by atoms with Gasteiger partial charge < -0.3 is 0 Å². The van der Waals surface area contributed by atoms with E-state index in [9.17, 15) is 22.9 Å². The van der Waals surface area contributed by atoms with Gasteiger partial charge in [-0.3, -0.25) is 10.1 Å². The predicted octanol–water partition coefficient (Wildman–Crippen LogP) is 1.81. The normalized spacial score (nSPS) is 11.4. The molecule has 0 aliphatic carbocycles. The molecular weight excluding hydrogens is 263 g/mol. The highest BCUT2D eigenvalue weighted by molar-refractivity contribution is 7.89. The summed E-state index contributed by atoms with van der Waals surface area (Å²) in [5.74, 6) is -1.17. The lowest BCUT2D eigenvalue weighted by Gasteiger charge is -2.06. The minimum Gasteiger partial charge on any atom is -0.258 e. The van der Waals surface area contributed by atoms with Crippen molar-refractivity contribution in [3.05, 3.63) is 34.1 Å². The maximum absolute atomic E-state index is 13.3. The van der Waals surface area contributed by atoms with Crippen molar-refractivity contribution in [3.8, 4) is 0 Å². The van der Waals surface area contributed by atoms with Gasteiger partial charge in [0.15, 0.2) is 0 Å². The molecule has 0 saturated heterocycles. The first-order chi connectivity index (χ1) is 8.38. The molecule has 0 unspecified atom stereocenters. The molecule has 0 aliphatic rings. The van der Waals surface area contributed by atoms with Gasteiger partial charge in [-0.2, -0.15) is 4.39 Å². The lowest BCUT2D eigenvalue weighted by Crippen LogP contribution is -2.24. The van der Waals surface area contributed by atoms with E-state index in [2.05, 4.69) is 4.72 Å². The van der Waals surface area contributed by atoms with Gasteiger partial charge in [0, 0.05) is 18.7 Å². The van der Waals surface area contributed by atoms with Crippen LogP contribution < -0.4 is 4.72 Å². The van der Waals surface area contributed by atoms with Crippen molar-refractivity contribution in [1.82, 2.24) is 4.72 Å². The average Bonchev–Trinajstić information content (AvgIpc) is 2.28. The number of nitrogens with zero attached hydrogens (tertiary/aromatic N) is 1. The van der Waals surface area contributed by atoms with E-state index in [1.54, 1.807) is 0 Å². The molecule has 100 valence electrons. The third-order valence-corrected chi connectivity index (χ3v) is 3.71. The molecule has 0 amide bonds. The Bertz CT molecular complexity index is 545. The molecule has 0 atom stereocenters. The maximum Gasteiger partial charge on any atom is 0.304 e. The van der Waals surface area contributed by atoms with Crippen LogP contribution in [-0.4, -0.2) is 19.9 Å². The lowest BCUT2D eigenvalue weighted by atomic mass is 10.3. The topological polar surface area (TPSA) is 89.3 Å². The Balaban J connectivity index is 2.97. The van der Waals surface area contributed by atoms with Crippen LogP contribution in [0.25, 0.3) is 0 Å². The van der Waals surface area contributed by atoms with Crippen LogP contribution in [-0.2, 0) is 10.0 Å². The summed E-state index contributed by atoms with van der Waals surface area (Å²) >= 11 is 0. The van der Waals surface area contributed by atoms with Crippen LogP contribution in [0.4, 0.5) is 10.1 Å². The van der Waals surface area contributed by atoms with Gasteiger partial charge in [0.2, 0.25) is 15.8 Å². The van der Waals surface area contributed by atoms with Crippen molar-refractivity contribution in [3.63, 3.8) is 0 Å². The summed E-state index contributed by atoms with van der Waals surface area (Å²) in [6, 6.07) is 2.49. The first-order valence-corrected chi connectivity index (χ1v) is 6.80. The molecule has 6 nitrogen and oxygen atoms in total. The average molecular weight is 276 g/mol. The largest absolute Gasteiger partial charge is 0.304 e. The zero-order valence-corrected chi connectivity index (χ0v) is 10.5. The molecule has 0 radical (unpaired) electrons. The van der Waals surface area contributed by atoms with Crippen LogP contribution in [0, 0.1) is 15.9 Å². The van der Waals surface area contributed by atoms with E-state index in [-0.39, 0.29) is 11.4 Å². The highest BCUT2D eigenvalue weighted by atomic mass is 32.2. The SMILES string of the molecule is CCCCNS(=O)(=O)c1ccc([N+](=O)[O-])c(F)c1. The first-order valence-electron chi connectivity index (χ1n) is 5.32. The smallest absolute Gasteiger partial charge is 0.258 e. The Hall–Kier alpha value is -1.54. The van der Waals surface area contributed by atoms with Gasteiger partial charge in [0.05, 0.1) is 9.82 Å². The van der Waals surface area contributed by atoms with E-state index in [1.165, 1.54) is 0 Å². The highest BCUT2D eigenvalue weighted by Gasteiger charge is 2.20. The number of rotatable bonds is 6. The Morgan fingerprint density at radius 3 is 2.61 bits per heavy atom. The molecule has 1 rings (SSSR count). The molecule has 8 heteroatoms. The van der Waals surface area contributed by atoms with Crippen molar-refractivity contribution < 1.29 is 17.7 Å². The Kier molecular flexibility index (Phi) is 4.74. The fourth-order valence-electron chi connectivity index (χ4n) is 1.27. The molecule has 0 spiro atoms. The molecule has 18 heavy (non-hydrogen) atoms. The second-order valence-electron chi connectivity index (χ2n) is 3.62. The standard InChI is InChI=1S/C10H13FN2O4S/c1-2-3-6-12-18(16,17)8-4-5-10(13(14)15)9(11)7-8/h4-5,7,12H,2-3,6H2,1H3. The van der Waals surface area contributed by atoms with E-state index >= 15 is 0 Å². The number of nitro groups is 1. The van der Waals surface area contributed by atoms with Crippen LogP contribution >= 0.6 is 0 Å². The number of halogens is 1. The van der Waals surface area contributed by atoms with Gasteiger partial charge in [0.1, 0.15) is 0 Å². The highest BCUT2D eigenvalue weighted by Crippen LogP contribution is 2.20. The quantitative estimate of drug-likeness (QED) is 0.487. The molecule has 1 aromatic carbocycles. The number of benzene rings is 1. The van der Waals surface area contributed by atoms with Gasteiger partial charge in [-0.05, 0) is 12.5 Å². The van der Waals surface area contributed by atoms with Gasteiger partial charge >= 0.3 is 5.69 Å². The molecular formula is C10H13FN2O4S. The summed E-state index contributed by atoms with van der Waals surface area (Å²) in [6.45, 7) is 2.15. The minimum absolute atomic E-state index is 0.247. The summed E-state index contributed by atoms with van der Waals surface area (Å²) in [6.07, 6.45) is 1.48. The van der Waals surface area contributed by atoms with Crippen LogP contribution in [0.15, 0.2) is 23.1 Å². The molecule has 0 aromatic heterocycles. The van der Waals surface area contributed by atoms with Gasteiger partial charge in [-0.25, -0.2) is 13.1 Å². The van der Waals surface area contributed by atoms with E-state index < -0.39 is 26.5 Å². The van der Waals surface area contributed by atoms with Gasteiger partial charge in [-0.1, -0.05) is 13.3 Å². The third-order valence-electron chi connectivity index (χ3n) is 2.25. The summed E-state index contributed by atoms with van der Waals surface area (Å²) in [7, 11) is -3.81. The second-order valence-corrected chi connectivity index (χ2v) is 5.39. The monoisotopic (exact) mass is 276 g/mol. The molecule has 0 bridgehead atoms. The van der Waals surface area contributed by atoms with Gasteiger partial charge in [-0.15, -0.1) is 0 Å². The van der Waals surface area contributed by atoms with Crippen LogP contribution in [0.1, 0.15) is 19.8 Å². The third kappa shape index (κ3) is 3.47. The Labute approximate surface area is 104 Å². The summed E-state index contributed by atoms with van der Waals surface area (Å²) < 4.78 is 39.0. The number of unbranched alkanes of at least 4 members (excludes halogenated alkanes) is 1. The molecule has 0 heterocycles. The summed E-state index contributed by atoms with van der Waals surface area (Å²) in [5, 5.41) is 10.4. The van der Waals surface area contributed by atoms with Crippen molar-refractivity contribution in [2.45, 2.75) is 24.7 Å². The summed E-state index contributed by atoms with van der Waals surface area (Å²) in [4.78, 5) is 9.17. The van der Waals surface area contributed by atoms with Crippen molar-refractivity contribution in [2.24, 2.45) is 0 Å². The van der Waals surface area contributed by atoms with E-state index in [1.807, 2.05) is 6.92 Å². The minimum atomic E-state index is -3.81. The molecule has 0 saturated carbocycles. The van der Waals surface area contributed by atoms with Crippen LogP contribution in [0.3, 0.4) is 0 Å². The first kappa shape index (κ1) is 14.5. The number of sulfonamides is 1. The lowest BCUT2D eigenvalue weighted by molar-refractivity contribution is -0.387. The predicted molar refractivity (Wildman–Crippen MR) is 63.2 cm³/mol. The molecule has 1 aromatic rings. The number of nitro benzene ring substituents is 1. The zero-order valence-electron chi connectivity index (χ0n) is 9.72. The molecule has 0 aliphatic heterocycles. The number of hydrogen-bond acceptors (Lipinski definition) is 4. The van der Waals surface area contributed by atoms with Crippen LogP contribution in [0.5, 0.6) is 0 Å². The van der Waals surface area contributed by atoms with Gasteiger partial charge in [0.25, 0.3) is 0 Å². The number of hydrogen-bond donors (Lipinski definition) is 1. The molecule has 0 fully saturated rings. The second kappa shape index (κ2) is 5.87. The number of nitrogens with one attached hydrogen (secondary N) is 1. The van der Waals surface area contributed by atoms with E-state index in [4.69, 9.17) is 0 Å². The summed E-state index contributed by atoms with van der Waals surface area (Å²) in [5.41, 5.74) is -0.748. The Morgan fingerprint density at radius 2 is 2.11 bits per heavy atom. The Morgan fingerprint density at radius 1 is 1.44 bits per heavy atom. The van der Waals surface area contributed by atoms with E-state index in [0.29, 0.717) is 12.5 Å². The zero-order chi connectivity index (χ0) is 13.8. The van der Waals surface area contributed by atoms with Crippen molar-refractivity contribution in [1.29, 1.82) is 0 Å². The van der Waals surface area contributed by atoms with Crippen molar-refractivity contribution in [2.75, 3.05) is 6.54 Å². The molecule has 1 N–H and O–H groups in total. The fraction of sp³-hybridized carbons (Fsp3) is 0.400. The maximum atomic E-state index is 13.3. The van der Waals surface area contributed by atoms with Crippen LogP contribution in [0.2, 0.25) is 0 Å². The van der Waals surface area contributed by atoms with Crippen molar-refractivity contribution >= 4 is 15.7 Å². The fourth-order valence-corrected chi connectivity index (χ4v) is 2.36.